The summed E-state index contributed by atoms with van der Waals surface area (Å²) in [5.41, 5.74) is 0.869. The monoisotopic (exact) mass is 563 g/mol. The molecule has 208 valence electrons. The van der Waals surface area contributed by atoms with E-state index in [-0.39, 0.29) is 23.3 Å². The Morgan fingerprint density at radius 1 is 1.07 bits per heavy atom. The van der Waals surface area contributed by atoms with Crippen LogP contribution in [-0.4, -0.2) is 32.8 Å². The molecule has 2 aromatic heterocycles. The van der Waals surface area contributed by atoms with Gasteiger partial charge in [0.25, 0.3) is 5.56 Å². The molecule has 2 N–H and O–H groups in total. The van der Waals surface area contributed by atoms with E-state index in [0.29, 0.717) is 37.3 Å². The van der Waals surface area contributed by atoms with Crippen LogP contribution in [0.5, 0.6) is 0 Å². The van der Waals surface area contributed by atoms with Gasteiger partial charge in [-0.25, -0.2) is 22.6 Å². The molecule has 5 rings (SSSR count). The lowest BCUT2D eigenvalue weighted by Crippen LogP contribution is -2.40. The number of anilines is 1. The highest BCUT2D eigenvalue weighted by atomic mass is 32.2. The van der Waals surface area contributed by atoms with E-state index in [2.05, 4.69) is 14.7 Å². The van der Waals surface area contributed by atoms with Crippen LogP contribution in [0.25, 0.3) is 11.2 Å². The highest BCUT2D eigenvalue weighted by Gasteiger charge is 2.23. The van der Waals surface area contributed by atoms with Crippen molar-refractivity contribution in [2.24, 2.45) is 0 Å². The van der Waals surface area contributed by atoms with Crippen LogP contribution < -0.4 is 16.0 Å². The first-order chi connectivity index (χ1) is 19.3. The van der Waals surface area contributed by atoms with E-state index in [4.69, 9.17) is 0 Å². The minimum absolute atomic E-state index is 0.181. The second kappa shape index (κ2) is 11.5. The van der Waals surface area contributed by atoms with Crippen LogP contribution in [0.15, 0.2) is 82.4 Å². The van der Waals surface area contributed by atoms with Gasteiger partial charge < -0.3 is 4.98 Å². The van der Waals surface area contributed by atoms with Gasteiger partial charge in [0.1, 0.15) is 22.4 Å². The topological polar surface area (TPSA) is 119 Å². The molecule has 0 aliphatic heterocycles. The molecule has 2 heterocycles. The molecular weight excluding hydrogens is 533 g/mol. The molecule has 1 aliphatic rings. The van der Waals surface area contributed by atoms with Crippen LogP contribution in [0, 0.1) is 5.82 Å². The first kappa shape index (κ1) is 27.3. The lowest BCUT2D eigenvalue weighted by molar-refractivity contribution is 0.553. The van der Waals surface area contributed by atoms with E-state index in [1.54, 1.807) is 54.6 Å². The summed E-state index contributed by atoms with van der Waals surface area (Å²) in [6.07, 6.45) is 9.30. The molecule has 4 aromatic rings. The van der Waals surface area contributed by atoms with E-state index in [0.717, 1.165) is 16.6 Å². The Morgan fingerprint density at radius 2 is 1.85 bits per heavy atom. The maximum atomic E-state index is 14.3. The molecule has 9 nitrogen and oxygen atoms in total. The summed E-state index contributed by atoms with van der Waals surface area (Å²) in [5, 5.41) is -0.625. The van der Waals surface area contributed by atoms with E-state index in [1.165, 1.54) is 10.6 Å². The zero-order chi connectivity index (χ0) is 28.3. The summed E-state index contributed by atoms with van der Waals surface area (Å²) in [6.45, 7) is 2.18. The van der Waals surface area contributed by atoms with Gasteiger partial charge in [0.15, 0.2) is 5.65 Å². The van der Waals surface area contributed by atoms with Crippen molar-refractivity contribution in [2.75, 3.05) is 4.72 Å². The van der Waals surface area contributed by atoms with Gasteiger partial charge in [0, 0.05) is 24.2 Å². The van der Waals surface area contributed by atoms with Crippen LogP contribution in [0.2, 0.25) is 0 Å². The van der Waals surface area contributed by atoms with E-state index >= 15 is 0 Å². The molecule has 0 radical (unpaired) electrons. The highest BCUT2D eigenvalue weighted by molar-refractivity contribution is 7.93. The number of benzene rings is 2. The fraction of sp³-hybridized carbons (Fsp3) is 0.276. The molecule has 1 unspecified atom stereocenters. The van der Waals surface area contributed by atoms with Crippen molar-refractivity contribution in [3.05, 3.63) is 116 Å². The van der Waals surface area contributed by atoms with Crippen LogP contribution in [0.3, 0.4) is 0 Å². The number of aryl methyl sites for hydroxylation is 1. The Kier molecular flexibility index (Phi) is 7.83. The van der Waals surface area contributed by atoms with E-state index in [9.17, 15) is 22.4 Å². The number of aromatic amines is 1. The summed E-state index contributed by atoms with van der Waals surface area (Å²) in [5.74, 6) is -0.00932. The van der Waals surface area contributed by atoms with Crippen LogP contribution >= 0.6 is 0 Å². The number of halogens is 1. The molecule has 0 fully saturated rings. The average Bonchev–Trinajstić information content (AvgIpc) is 3.37. The van der Waals surface area contributed by atoms with Crippen molar-refractivity contribution >= 4 is 26.9 Å². The van der Waals surface area contributed by atoms with Crippen molar-refractivity contribution in [2.45, 2.75) is 50.9 Å². The molecule has 1 aliphatic carbocycles. The van der Waals surface area contributed by atoms with Crippen molar-refractivity contribution in [3.63, 3.8) is 0 Å². The first-order valence-electron chi connectivity index (χ1n) is 13.2. The molecular formula is C29H30FN5O4S. The Morgan fingerprint density at radius 3 is 2.55 bits per heavy atom. The summed E-state index contributed by atoms with van der Waals surface area (Å²) in [7, 11) is -3.58. The summed E-state index contributed by atoms with van der Waals surface area (Å²) in [4.78, 5) is 34.3. The fourth-order valence-electron chi connectivity index (χ4n) is 4.66. The molecule has 0 bridgehead atoms. The second-order valence-electron chi connectivity index (χ2n) is 9.76. The van der Waals surface area contributed by atoms with Crippen molar-refractivity contribution < 1.29 is 12.8 Å². The molecule has 0 spiro atoms. The van der Waals surface area contributed by atoms with Crippen molar-refractivity contribution in [1.82, 2.24) is 19.1 Å². The third-order valence-corrected chi connectivity index (χ3v) is 8.52. The zero-order valence-electron chi connectivity index (χ0n) is 22.0. The number of imidazole rings is 1. The molecule has 0 amide bonds. The maximum absolute atomic E-state index is 14.3. The molecule has 11 heteroatoms. The molecule has 0 saturated carbocycles. The Balaban J connectivity index is 1.43. The van der Waals surface area contributed by atoms with Crippen LogP contribution in [0.1, 0.15) is 43.1 Å². The van der Waals surface area contributed by atoms with Gasteiger partial charge in [0.2, 0.25) is 10.0 Å². The predicted octanol–water partition coefficient (Wildman–Crippen LogP) is 4.09. The van der Waals surface area contributed by atoms with Crippen LogP contribution in [0.4, 0.5) is 10.1 Å². The number of rotatable bonds is 10. The van der Waals surface area contributed by atoms with Gasteiger partial charge in [-0.1, -0.05) is 68.0 Å². The van der Waals surface area contributed by atoms with E-state index in [1.807, 2.05) is 19.1 Å². The fourth-order valence-corrected chi connectivity index (χ4v) is 5.94. The Labute approximate surface area is 230 Å². The van der Waals surface area contributed by atoms with Crippen LogP contribution in [-0.2, 0) is 29.5 Å². The number of allylic oxidation sites excluding steroid dienone is 3. The van der Waals surface area contributed by atoms with Crippen molar-refractivity contribution in [1.29, 1.82) is 0 Å². The van der Waals surface area contributed by atoms with Gasteiger partial charge in [-0.05, 0) is 36.6 Å². The largest absolute Gasteiger partial charge is 0.336 e. The minimum Gasteiger partial charge on any atom is -0.336 e. The number of sulfonamides is 1. The third kappa shape index (κ3) is 5.69. The Hall–Kier alpha value is -4.25. The molecule has 40 heavy (non-hydrogen) atoms. The van der Waals surface area contributed by atoms with Gasteiger partial charge in [-0.15, -0.1) is 0 Å². The number of H-pyrrole nitrogens is 1. The zero-order valence-corrected chi connectivity index (χ0v) is 22.8. The van der Waals surface area contributed by atoms with Gasteiger partial charge in [0.05, 0.1) is 6.54 Å². The standard InChI is InChI=1S/C29H30FN5O4S/c1-2-3-17-34-27-26(28(36)35(29(34)37)19-21-9-7-8-12-24(21)30)31-25(32-27)18-20-13-15-22(16-14-20)33-40(38,39)23-10-5-4-6-11-23/h4-10,12-16,23,33H,2-3,11,17-19H2,1H3,(H,31,32). The van der Waals surface area contributed by atoms with Crippen molar-refractivity contribution in [3.8, 4) is 0 Å². The van der Waals surface area contributed by atoms with Gasteiger partial charge >= 0.3 is 5.69 Å². The lowest BCUT2D eigenvalue weighted by atomic mass is 10.1. The SMILES string of the molecule is CCCCn1c(=O)n(Cc2ccccc2F)c(=O)c2[nH]c(Cc3ccc(NS(=O)(=O)C4C=CC=CC4)cc3)nc21. The number of fused-ring (bicyclic) bond motifs is 1. The predicted molar refractivity (Wildman–Crippen MR) is 153 cm³/mol. The normalized spacial score (nSPS) is 15.1. The summed E-state index contributed by atoms with van der Waals surface area (Å²) < 4.78 is 44.8. The summed E-state index contributed by atoms with van der Waals surface area (Å²) in [6, 6.07) is 13.0. The second-order valence-corrected chi connectivity index (χ2v) is 11.7. The van der Waals surface area contributed by atoms with Gasteiger partial charge in [-0.3, -0.25) is 18.7 Å². The number of nitrogens with one attached hydrogen (secondary N) is 2. The number of hydrogen-bond acceptors (Lipinski definition) is 5. The average molecular weight is 564 g/mol. The summed E-state index contributed by atoms with van der Waals surface area (Å²) >= 11 is 0. The smallest absolute Gasteiger partial charge is 0.333 e. The molecule has 0 saturated heterocycles. The number of hydrogen-bond donors (Lipinski definition) is 2. The third-order valence-electron chi connectivity index (χ3n) is 6.86. The number of unbranched alkanes of at least 4 members (excludes halogenated alkanes) is 1. The minimum atomic E-state index is -3.58. The first-order valence-corrected chi connectivity index (χ1v) is 14.7. The maximum Gasteiger partial charge on any atom is 0.333 e. The van der Waals surface area contributed by atoms with E-state index < -0.39 is 32.3 Å². The number of nitrogens with zero attached hydrogens (tertiary/aromatic N) is 3. The molecule has 1 atom stereocenters. The Bertz CT molecular complexity index is 1820. The quantitative estimate of drug-likeness (QED) is 0.301. The van der Waals surface area contributed by atoms with Gasteiger partial charge in [-0.2, -0.15) is 0 Å². The lowest BCUT2D eigenvalue weighted by Gasteiger charge is -2.16. The number of aromatic nitrogens is 4. The molecule has 2 aromatic carbocycles. The highest BCUT2D eigenvalue weighted by Crippen LogP contribution is 2.19.